The molecule has 1 aliphatic carbocycles. The van der Waals surface area contributed by atoms with E-state index in [1.165, 1.54) is 25.7 Å². The van der Waals surface area contributed by atoms with E-state index in [9.17, 15) is 9.59 Å². The standard InChI is InChI=1S/C12H20N2O2/c1-9(10-4-2-3-5-10)14-7-6-11(15)13-8-12(14)16/h9-10H,2-8H2,1H3,(H,13,15). The van der Waals surface area contributed by atoms with Crippen LogP contribution in [0.25, 0.3) is 0 Å². The van der Waals surface area contributed by atoms with Crippen LogP contribution in [0.3, 0.4) is 0 Å². The summed E-state index contributed by atoms with van der Waals surface area (Å²) in [6.45, 7) is 2.89. The molecule has 1 atom stereocenters. The zero-order chi connectivity index (χ0) is 11.5. The van der Waals surface area contributed by atoms with E-state index in [0.29, 0.717) is 24.9 Å². The Kier molecular flexibility index (Phi) is 3.46. The predicted octanol–water partition coefficient (Wildman–Crippen LogP) is 0.914. The molecule has 0 aromatic heterocycles. The third-order valence-electron chi connectivity index (χ3n) is 3.91. The number of hydrogen-bond acceptors (Lipinski definition) is 2. The minimum Gasteiger partial charge on any atom is -0.347 e. The van der Waals surface area contributed by atoms with Crippen LogP contribution in [0.2, 0.25) is 0 Å². The first-order valence-corrected chi connectivity index (χ1v) is 6.24. The van der Waals surface area contributed by atoms with Crippen LogP contribution in [0.1, 0.15) is 39.0 Å². The first kappa shape index (κ1) is 11.4. The van der Waals surface area contributed by atoms with Crippen LogP contribution >= 0.6 is 0 Å². The van der Waals surface area contributed by atoms with E-state index in [1.807, 2.05) is 4.90 Å². The highest BCUT2D eigenvalue weighted by atomic mass is 16.2. The normalized spacial score (nSPS) is 25.4. The Labute approximate surface area is 96.4 Å². The van der Waals surface area contributed by atoms with Crippen molar-refractivity contribution in [3.05, 3.63) is 0 Å². The molecule has 2 aliphatic rings. The van der Waals surface area contributed by atoms with Gasteiger partial charge in [-0.05, 0) is 25.7 Å². The molecule has 90 valence electrons. The van der Waals surface area contributed by atoms with Gasteiger partial charge in [0, 0.05) is 19.0 Å². The van der Waals surface area contributed by atoms with Gasteiger partial charge in [0.05, 0.1) is 6.54 Å². The third kappa shape index (κ3) is 2.36. The summed E-state index contributed by atoms with van der Waals surface area (Å²) in [6, 6.07) is 0.294. The molecule has 16 heavy (non-hydrogen) atoms. The molecule has 2 rings (SSSR count). The number of amides is 2. The SMILES string of the molecule is CC(C1CCCC1)N1CCC(=O)NCC1=O. The summed E-state index contributed by atoms with van der Waals surface area (Å²) in [6.07, 6.45) is 5.48. The molecule has 1 aliphatic heterocycles. The van der Waals surface area contributed by atoms with E-state index < -0.39 is 0 Å². The largest absolute Gasteiger partial charge is 0.347 e. The van der Waals surface area contributed by atoms with Crippen LogP contribution in [-0.4, -0.2) is 35.8 Å². The topological polar surface area (TPSA) is 49.4 Å². The molecule has 0 aromatic carbocycles. The van der Waals surface area contributed by atoms with Crippen molar-refractivity contribution in [2.75, 3.05) is 13.1 Å². The number of carbonyl (C=O) groups excluding carboxylic acids is 2. The van der Waals surface area contributed by atoms with Gasteiger partial charge in [0.25, 0.3) is 0 Å². The van der Waals surface area contributed by atoms with Gasteiger partial charge in [0.1, 0.15) is 0 Å². The van der Waals surface area contributed by atoms with Crippen LogP contribution < -0.4 is 5.32 Å². The minimum atomic E-state index is -0.00512. The van der Waals surface area contributed by atoms with E-state index in [0.717, 1.165) is 0 Å². The molecule has 0 radical (unpaired) electrons. The summed E-state index contributed by atoms with van der Waals surface area (Å²) in [5.41, 5.74) is 0. The van der Waals surface area contributed by atoms with Gasteiger partial charge in [0.15, 0.2) is 0 Å². The van der Waals surface area contributed by atoms with Gasteiger partial charge in [-0.2, -0.15) is 0 Å². The summed E-state index contributed by atoms with van der Waals surface area (Å²) in [4.78, 5) is 25.0. The molecule has 1 N–H and O–H groups in total. The van der Waals surface area contributed by atoms with Crippen LogP contribution in [0, 0.1) is 5.92 Å². The predicted molar refractivity (Wildman–Crippen MR) is 60.8 cm³/mol. The Morgan fingerprint density at radius 1 is 1.31 bits per heavy atom. The third-order valence-corrected chi connectivity index (χ3v) is 3.91. The molecule has 4 heteroatoms. The summed E-state index contributed by atoms with van der Waals surface area (Å²) in [5, 5.41) is 2.64. The smallest absolute Gasteiger partial charge is 0.242 e. The maximum absolute atomic E-state index is 11.9. The van der Waals surface area contributed by atoms with E-state index in [2.05, 4.69) is 12.2 Å². The second kappa shape index (κ2) is 4.85. The fourth-order valence-corrected chi connectivity index (χ4v) is 2.84. The quantitative estimate of drug-likeness (QED) is 0.758. The van der Waals surface area contributed by atoms with Crippen molar-refractivity contribution < 1.29 is 9.59 Å². The van der Waals surface area contributed by atoms with E-state index in [4.69, 9.17) is 0 Å². The average molecular weight is 224 g/mol. The fraction of sp³-hybridized carbons (Fsp3) is 0.833. The Bertz CT molecular complexity index is 285. The zero-order valence-corrected chi connectivity index (χ0v) is 9.87. The van der Waals surface area contributed by atoms with Crippen LogP contribution in [0.15, 0.2) is 0 Å². The molecule has 1 unspecified atom stereocenters. The lowest BCUT2D eigenvalue weighted by Crippen LogP contribution is -2.44. The Balaban J connectivity index is 2.00. The molecular formula is C12H20N2O2. The number of carbonyl (C=O) groups is 2. The van der Waals surface area contributed by atoms with Gasteiger partial charge in [-0.3, -0.25) is 9.59 Å². The van der Waals surface area contributed by atoms with Crippen molar-refractivity contribution in [1.29, 1.82) is 0 Å². The Morgan fingerprint density at radius 3 is 2.69 bits per heavy atom. The molecule has 1 saturated heterocycles. The number of hydrogen-bond donors (Lipinski definition) is 1. The van der Waals surface area contributed by atoms with Crippen molar-refractivity contribution >= 4 is 11.8 Å². The maximum Gasteiger partial charge on any atom is 0.242 e. The molecule has 4 nitrogen and oxygen atoms in total. The van der Waals surface area contributed by atoms with Gasteiger partial charge >= 0.3 is 0 Å². The fourth-order valence-electron chi connectivity index (χ4n) is 2.84. The highest BCUT2D eigenvalue weighted by molar-refractivity contribution is 5.87. The van der Waals surface area contributed by atoms with E-state index in [-0.39, 0.29) is 18.4 Å². The molecule has 2 amide bonds. The van der Waals surface area contributed by atoms with Gasteiger partial charge < -0.3 is 10.2 Å². The molecule has 0 aromatic rings. The lowest BCUT2D eigenvalue weighted by atomic mass is 9.98. The summed E-state index contributed by atoms with van der Waals surface area (Å²) < 4.78 is 0. The minimum absolute atomic E-state index is 0.00512. The molecule has 0 bridgehead atoms. The van der Waals surface area contributed by atoms with Crippen molar-refractivity contribution in [2.45, 2.75) is 45.1 Å². The average Bonchev–Trinajstić information content (AvgIpc) is 2.74. The number of rotatable bonds is 2. The maximum atomic E-state index is 11.9. The monoisotopic (exact) mass is 224 g/mol. The van der Waals surface area contributed by atoms with E-state index >= 15 is 0 Å². The molecule has 2 fully saturated rings. The molecule has 1 saturated carbocycles. The Morgan fingerprint density at radius 2 is 2.00 bits per heavy atom. The van der Waals surface area contributed by atoms with Gasteiger partial charge in [-0.25, -0.2) is 0 Å². The number of nitrogens with zero attached hydrogens (tertiary/aromatic N) is 1. The lowest BCUT2D eigenvalue weighted by molar-refractivity contribution is -0.132. The molecule has 0 spiro atoms. The van der Waals surface area contributed by atoms with Gasteiger partial charge in [-0.15, -0.1) is 0 Å². The highest BCUT2D eigenvalue weighted by Gasteiger charge is 2.30. The van der Waals surface area contributed by atoms with Crippen molar-refractivity contribution in [1.82, 2.24) is 10.2 Å². The number of nitrogens with one attached hydrogen (secondary N) is 1. The highest BCUT2D eigenvalue weighted by Crippen LogP contribution is 2.30. The summed E-state index contributed by atoms with van der Waals surface area (Å²) in [5.74, 6) is 0.705. The summed E-state index contributed by atoms with van der Waals surface area (Å²) in [7, 11) is 0. The van der Waals surface area contributed by atoms with Crippen molar-refractivity contribution in [2.24, 2.45) is 5.92 Å². The first-order valence-electron chi connectivity index (χ1n) is 6.24. The zero-order valence-electron chi connectivity index (χ0n) is 9.87. The van der Waals surface area contributed by atoms with Crippen molar-refractivity contribution in [3.8, 4) is 0 Å². The van der Waals surface area contributed by atoms with Crippen molar-refractivity contribution in [3.63, 3.8) is 0 Å². The second-order valence-electron chi connectivity index (χ2n) is 4.90. The Hall–Kier alpha value is -1.06. The van der Waals surface area contributed by atoms with Gasteiger partial charge in [0.2, 0.25) is 11.8 Å². The second-order valence-corrected chi connectivity index (χ2v) is 4.90. The van der Waals surface area contributed by atoms with Crippen LogP contribution in [0.5, 0.6) is 0 Å². The first-order chi connectivity index (χ1) is 7.68. The van der Waals surface area contributed by atoms with Gasteiger partial charge in [-0.1, -0.05) is 12.8 Å². The van der Waals surface area contributed by atoms with E-state index in [1.54, 1.807) is 0 Å². The molecule has 1 heterocycles. The van der Waals surface area contributed by atoms with Crippen LogP contribution in [-0.2, 0) is 9.59 Å². The van der Waals surface area contributed by atoms with Crippen LogP contribution in [0.4, 0.5) is 0 Å². The molecular weight excluding hydrogens is 204 g/mol. The summed E-state index contributed by atoms with van der Waals surface area (Å²) >= 11 is 0. The lowest BCUT2D eigenvalue weighted by Gasteiger charge is -2.31.